The van der Waals surface area contributed by atoms with Crippen molar-refractivity contribution in [3.63, 3.8) is 0 Å². The summed E-state index contributed by atoms with van der Waals surface area (Å²) in [6.45, 7) is 2.91. The number of sulfonamides is 1. The van der Waals surface area contributed by atoms with Gasteiger partial charge in [-0.1, -0.05) is 30.3 Å². The van der Waals surface area contributed by atoms with Crippen LogP contribution in [0.1, 0.15) is 15.3 Å². The monoisotopic (exact) mass is 324 g/mol. The first-order chi connectivity index (χ1) is 9.95. The summed E-state index contributed by atoms with van der Waals surface area (Å²) in [4.78, 5) is 2.28. The first-order valence-electron chi connectivity index (χ1n) is 6.69. The standard InChI is InChI=1S/C15H20N2O2S2/c1-12-15(9-14(20-12)10-16-2)21(18,19)17(3)11-13-7-5-4-6-8-13/h4-9,16H,10-11H2,1-3H3. The summed E-state index contributed by atoms with van der Waals surface area (Å²) >= 11 is 1.52. The summed E-state index contributed by atoms with van der Waals surface area (Å²) in [7, 11) is 0.0248. The van der Waals surface area contributed by atoms with Crippen molar-refractivity contribution >= 4 is 21.4 Å². The lowest BCUT2D eigenvalue weighted by Gasteiger charge is -2.17. The molecular formula is C15H20N2O2S2. The molecule has 2 rings (SSSR count). The van der Waals surface area contributed by atoms with E-state index in [9.17, 15) is 8.42 Å². The molecule has 0 aliphatic carbocycles. The Bertz CT molecular complexity index is 694. The maximum atomic E-state index is 12.7. The molecule has 0 radical (unpaired) electrons. The highest BCUT2D eigenvalue weighted by molar-refractivity contribution is 7.89. The molecule has 6 heteroatoms. The number of hydrogen-bond acceptors (Lipinski definition) is 4. The van der Waals surface area contributed by atoms with Crippen molar-refractivity contribution in [3.05, 3.63) is 51.7 Å². The summed E-state index contributed by atoms with van der Waals surface area (Å²) in [5.41, 5.74) is 0.979. The van der Waals surface area contributed by atoms with Gasteiger partial charge < -0.3 is 5.32 Å². The molecule has 1 N–H and O–H groups in total. The molecule has 1 aromatic carbocycles. The molecule has 1 aromatic heterocycles. The lowest BCUT2D eigenvalue weighted by Crippen LogP contribution is -2.26. The van der Waals surface area contributed by atoms with E-state index < -0.39 is 10.0 Å². The predicted molar refractivity (Wildman–Crippen MR) is 86.9 cm³/mol. The van der Waals surface area contributed by atoms with Crippen LogP contribution in [-0.4, -0.2) is 26.8 Å². The van der Waals surface area contributed by atoms with Gasteiger partial charge in [-0.05, 0) is 25.6 Å². The maximum absolute atomic E-state index is 12.7. The van der Waals surface area contributed by atoms with Gasteiger partial charge in [-0.3, -0.25) is 0 Å². The number of rotatable bonds is 6. The second-order valence-corrected chi connectivity index (χ2v) is 8.26. The Balaban J connectivity index is 2.24. The highest BCUT2D eigenvalue weighted by Gasteiger charge is 2.24. The molecule has 0 aliphatic heterocycles. The molecule has 0 amide bonds. The van der Waals surface area contributed by atoms with Crippen molar-refractivity contribution in [1.29, 1.82) is 0 Å². The normalized spacial score (nSPS) is 12.0. The Kier molecular flexibility index (Phi) is 5.16. The van der Waals surface area contributed by atoms with Gasteiger partial charge in [0.15, 0.2) is 0 Å². The van der Waals surface area contributed by atoms with E-state index in [1.165, 1.54) is 15.6 Å². The minimum atomic E-state index is -3.45. The van der Waals surface area contributed by atoms with Crippen LogP contribution in [0.25, 0.3) is 0 Å². The maximum Gasteiger partial charge on any atom is 0.244 e. The van der Waals surface area contributed by atoms with Crippen LogP contribution in [-0.2, 0) is 23.1 Å². The fourth-order valence-electron chi connectivity index (χ4n) is 2.14. The molecule has 0 bridgehead atoms. The number of hydrogen-bond donors (Lipinski definition) is 1. The summed E-state index contributed by atoms with van der Waals surface area (Å²) in [6.07, 6.45) is 0. The molecular weight excluding hydrogens is 304 g/mol. The average molecular weight is 324 g/mol. The van der Waals surface area contributed by atoms with Crippen molar-refractivity contribution in [1.82, 2.24) is 9.62 Å². The molecule has 0 fully saturated rings. The Morgan fingerprint density at radius 1 is 1.24 bits per heavy atom. The van der Waals surface area contributed by atoms with Crippen LogP contribution < -0.4 is 5.32 Å². The average Bonchev–Trinajstić information content (AvgIpc) is 2.82. The van der Waals surface area contributed by atoms with Crippen LogP contribution in [0.3, 0.4) is 0 Å². The van der Waals surface area contributed by atoms with Crippen LogP contribution in [0, 0.1) is 6.92 Å². The molecule has 4 nitrogen and oxygen atoms in total. The Hall–Kier alpha value is -1.21. The molecule has 2 aromatic rings. The van der Waals surface area contributed by atoms with Crippen molar-refractivity contribution in [2.75, 3.05) is 14.1 Å². The van der Waals surface area contributed by atoms with E-state index in [1.54, 1.807) is 13.1 Å². The lowest BCUT2D eigenvalue weighted by molar-refractivity contribution is 0.466. The van der Waals surface area contributed by atoms with Crippen molar-refractivity contribution < 1.29 is 8.42 Å². The second-order valence-electron chi connectivity index (χ2n) is 4.91. The lowest BCUT2D eigenvalue weighted by atomic mass is 10.2. The van der Waals surface area contributed by atoms with Gasteiger partial charge in [0.1, 0.15) is 0 Å². The molecule has 1 heterocycles. The zero-order valence-corrected chi connectivity index (χ0v) is 14.1. The molecule has 21 heavy (non-hydrogen) atoms. The molecule has 0 spiro atoms. The quantitative estimate of drug-likeness (QED) is 0.888. The Morgan fingerprint density at radius 3 is 2.52 bits per heavy atom. The van der Waals surface area contributed by atoms with Gasteiger partial charge in [-0.15, -0.1) is 11.3 Å². The molecule has 0 saturated heterocycles. The summed E-state index contributed by atoms with van der Waals surface area (Å²) in [5.74, 6) is 0. The third-order valence-corrected chi connectivity index (χ3v) is 6.32. The SMILES string of the molecule is CNCc1cc(S(=O)(=O)N(C)Cc2ccccc2)c(C)s1. The fourth-order valence-corrected chi connectivity index (χ4v) is 4.91. The number of thiophene rings is 1. The highest BCUT2D eigenvalue weighted by atomic mass is 32.2. The first kappa shape index (κ1) is 16.2. The van der Waals surface area contributed by atoms with E-state index in [-0.39, 0.29) is 0 Å². The van der Waals surface area contributed by atoms with Gasteiger partial charge in [0, 0.05) is 29.9 Å². The zero-order valence-electron chi connectivity index (χ0n) is 12.5. The molecule has 0 atom stereocenters. The number of nitrogens with zero attached hydrogens (tertiary/aromatic N) is 1. The molecule has 0 aliphatic rings. The van der Waals surface area contributed by atoms with Gasteiger partial charge in [0.05, 0.1) is 4.90 Å². The summed E-state index contributed by atoms with van der Waals surface area (Å²) < 4.78 is 26.8. The van der Waals surface area contributed by atoms with E-state index in [0.717, 1.165) is 15.3 Å². The van der Waals surface area contributed by atoms with E-state index in [2.05, 4.69) is 5.32 Å². The van der Waals surface area contributed by atoms with Gasteiger partial charge in [0.25, 0.3) is 0 Å². The third kappa shape index (κ3) is 3.71. The van der Waals surface area contributed by atoms with Crippen molar-refractivity contribution in [3.8, 4) is 0 Å². The van der Waals surface area contributed by atoms with Crippen LogP contribution in [0.2, 0.25) is 0 Å². The predicted octanol–water partition coefficient (Wildman–Crippen LogP) is 2.60. The summed E-state index contributed by atoms with van der Waals surface area (Å²) in [5, 5.41) is 3.05. The fraction of sp³-hybridized carbons (Fsp3) is 0.333. The third-order valence-electron chi connectivity index (χ3n) is 3.21. The van der Waals surface area contributed by atoms with Crippen molar-refractivity contribution in [2.45, 2.75) is 24.9 Å². The van der Waals surface area contributed by atoms with Crippen LogP contribution in [0.5, 0.6) is 0 Å². The van der Waals surface area contributed by atoms with Crippen molar-refractivity contribution in [2.24, 2.45) is 0 Å². The van der Waals surface area contributed by atoms with E-state index >= 15 is 0 Å². The second kappa shape index (κ2) is 6.70. The minimum absolute atomic E-state index is 0.375. The Morgan fingerprint density at radius 2 is 1.90 bits per heavy atom. The van der Waals surface area contributed by atoms with E-state index in [1.807, 2.05) is 44.3 Å². The van der Waals surface area contributed by atoms with E-state index in [4.69, 9.17) is 0 Å². The zero-order chi connectivity index (χ0) is 15.5. The van der Waals surface area contributed by atoms with Crippen LogP contribution in [0.15, 0.2) is 41.3 Å². The number of benzene rings is 1. The van der Waals surface area contributed by atoms with E-state index in [0.29, 0.717) is 18.0 Å². The van der Waals surface area contributed by atoms with Crippen LogP contribution >= 0.6 is 11.3 Å². The largest absolute Gasteiger partial charge is 0.315 e. The summed E-state index contributed by atoms with van der Waals surface area (Å²) in [6, 6.07) is 11.4. The topological polar surface area (TPSA) is 49.4 Å². The first-order valence-corrected chi connectivity index (χ1v) is 8.95. The van der Waals surface area contributed by atoms with Gasteiger partial charge in [0.2, 0.25) is 10.0 Å². The van der Waals surface area contributed by atoms with Gasteiger partial charge >= 0.3 is 0 Å². The minimum Gasteiger partial charge on any atom is -0.315 e. The molecule has 0 unspecified atom stereocenters. The number of nitrogens with one attached hydrogen (secondary N) is 1. The number of aryl methyl sites for hydroxylation is 1. The Labute approximate surface area is 130 Å². The molecule has 114 valence electrons. The van der Waals surface area contributed by atoms with Gasteiger partial charge in [-0.25, -0.2) is 8.42 Å². The highest BCUT2D eigenvalue weighted by Crippen LogP contribution is 2.28. The van der Waals surface area contributed by atoms with Crippen LogP contribution in [0.4, 0.5) is 0 Å². The smallest absolute Gasteiger partial charge is 0.244 e. The molecule has 0 saturated carbocycles. The van der Waals surface area contributed by atoms with Gasteiger partial charge in [-0.2, -0.15) is 4.31 Å².